The van der Waals surface area contributed by atoms with Crippen LogP contribution in [0, 0.1) is 0 Å². The molecule has 31 heavy (non-hydrogen) atoms. The van der Waals surface area contributed by atoms with Gasteiger partial charge in [0.15, 0.2) is 0 Å². The third-order valence-corrected chi connectivity index (χ3v) is 5.87. The van der Waals surface area contributed by atoms with E-state index in [0.29, 0.717) is 19.4 Å². The Morgan fingerprint density at radius 2 is 1.81 bits per heavy atom. The molecule has 0 saturated carbocycles. The molecule has 0 radical (unpaired) electrons. The number of hydrogen-bond donors (Lipinski definition) is 4. The summed E-state index contributed by atoms with van der Waals surface area (Å²) in [4.78, 5) is 21.7. The molecule has 168 valence electrons. The van der Waals surface area contributed by atoms with Gasteiger partial charge in [0.25, 0.3) is 0 Å². The van der Waals surface area contributed by atoms with E-state index in [1.807, 2.05) is 24.3 Å². The second kappa shape index (κ2) is 12.6. The summed E-state index contributed by atoms with van der Waals surface area (Å²) in [5.74, 6) is -0.261. The number of esters is 1. The van der Waals surface area contributed by atoms with Crippen LogP contribution < -0.4 is 14.4 Å². The molecular formula is C21H26AsNO8. The van der Waals surface area contributed by atoms with Crippen LogP contribution in [0.3, 0.4) is 0 Å². The third kappa shape index (κ3) is 9.57. The molecular weight excluding hydrogens is 469 g/mol. The van der Waals surface area contributed by atoms with Gasteiger partial charge in [0.05, 0.1) is 7.11 Å². The number of rotatable bonds is 8. The predicted octanol–water partition coefficient (Wildman–Crippen LogP) is 1.27. The first-order valence-corrected chi connectivity index (χ1v) is 12.5. The number of amides is 1. The van der Waals surface area contributed by atoms with E-state index < -0.39 is 20.1 Å². The molecule has 4 N–H and O–H groups in total. The first kappa shape index (κ1) is 26.0. The van der Waals surface area contributed by atoms with E-state index >= 15 is 0 Å². The Morgan fingerprint density at radius 1 is 1.16 bits per heavy atom. The van der Waals surface area contributed by atoms with Crippen molar-refractivity contribution in [3.63, 3.8) is 0 Å². The molecule has 0 aliphatic heterocycles. The van der Waals surface area contributed by atoms with Crippen LogP contribution in [0.5, 0.6) is 11.5 Å². The summed E-state index contributed by atoms with van der Waals surface area (Å²) in [6, 6.07) is 11.4. The fourth-order valence-corrected chi connectivity index (χ4v) is 3.89. The van der Waals surface area contributed by atoms with Crippen LogP contribution in [-0.2, 0) is 24.5 Å². The van der Waals surface area contributed by atoms with Gasteiger partial charge in [-0.1, -0.05) is 24.8 Å². The number of nitrogens with one attached hydrogen (secondary N) is 1. The predicted molar refractivity (Wildman–Crippen MR) is 115 cm³/mol. The maximum absolute atomic E-state index is 11.1. The Hall–Kier alpha value is -3.00. The molecule has 0 aromatic heterocycles. The van der Waals surface area contributed by atoms with Crippen LogP contribution in [0.2, 0.25) is 0 Å². The molecule has 0 aliphatic carbocycles. The number of carbonyl (C=O) groups excluding carboxylic acids is 2. The number of benzene rings is 2. The first-order chi connectivity index (χ1) is 14.6. The van der Waals surface area contributed by atoms with E-state index in [1.54, 1.807) is 6.08 Å². The van der Waals surface area contributed by atoms with Crippen molar-refractivity contribution in [3.8, 4) is 11.5 Å². The number of para-hydroxylation sites is 1. The van der Waals surface area contributed by atoms with Crippen molar-refractivity contribution in [3.05, 3.63) is 60.7 Å². The molecule has 9 nitrogen and oxygen atoms in total. The number of ether oxygens (including phenoxy) is 2. The average molecular weight is 495 g/mol. The van der Waals surface area contributed by atoms with E-state index in [2.05, 4.69) is 16.6 Å². The number of methoxy groups -OCH3 is 1. The van der Waals surface area contributed by atoms with Gasteiger partial charge < -0.3 is 9.47 Å². The molecule has 0 saturated heterocycles. The molecule has 2 aromatic rings. The number of phenols is 1. The molecule has 0 spiro atoms. The van der Waals surface area contributed by atoms with E-state index in [9.17, 15) is 18.4 Å². The zero-order valence-corrected chi connectivity index (χ0v) is 19.2. The van der Waals surface area contributed by atoms with Gasteiger partial charge in [-0.2, -0.15) is 0 Å². The summed E-state index contributed by atoms with van der Waals surface area (Å²) in [6.07, 6.45) is 2.79. The molecule has 10 heteroatoms. The average Bonchev–Trinajstić information content (AvgIpc) is 2.72. The molecule has 0 bridgehead atoms. The normalized spacial score (nSPS) is 10.3. The van der Waals surface area contributed by atoms with Crippen molar-refractivity contribution in [1.29, 1.82) is 0 Å². The Kier molecular flexibility index (Phi) is 10.6. The van der Waals surface area contributed by atoms with Crippen molar-refractivity contribution in [2.45, 2.75) is 19.8 Å². The van der Waals surface area contributed by atoms with Crippen molar-refractivity contribution in [2.75, 3.05) is 19.0 Å². The van der Waals surface area contributed by atoms with Gasteiger partial charge in [0.1, 0.15) is 12.4 Å². The number of phenolic OH excluding ortho intramolecular Hbond substituents is 1. The number of anilines is 1. The summed E-state index contributed by atoms with van der Waals surface area (Å²) >= 11 is -5.14. The van der Waals surface area contributed by atoms with Crippen molar-refractivity contribution >= 4 is 36.1 Å². The molecule has 2 rings (SSSR count). The zero-order valence-electron chi connectivity index (χ0n) is 17.3. The fourth-order valence-electron chi connectivity index (χ4n) is 2.33. The zero-order chi connectivity index (χ0) is 23.4. The van der Waals surface area contributed by atoms with Crippen LogP contribution in [0.1, 0.15) is 18.9 Å². The first-order valence-electron chi connectivity index (χ1n) is 9.13. The molecule has 0 fully saturated rings. The Bertz CT molecular complexity index is 937. The summed E-state index contributed by atoms with van der Waals surface area (Å²) < 4.78 is 38.7. The van der Waals surface area contributed by atoms with Gasteiger partial charge in [0.2, 0.25) is 0 Å². The summed E-state index contributed by atoms with van der Waals surface area (Å²) in [5, 5.41) is 11.5. The van der Waals surface area contributed by atoms with Crippen molar-refractivity contribution in [1.82, 2.24) is 0 Å². The van der Waals surface area contributed by atoms with Gasteiger partial charge in [0, 0.05) is 6.42 Å². The van der Waals surface area contributed by atoms with Crippen molar-refractivity contribution in [2.24, 2.45) is 0 Å². The summed E-state index contributed by atoms with van der Waals surface area (Å²) in [7, 11) is 1.40. The molecule has 0 unspecified atom stereocenters. The van der Waals surface area contributed by atoms with Crippen molar-refractivity contribution < 1.29 is 36.1 Å². The molecule has 2 aromatic carbocycles. The number of carbonyl (C=O) groups is 2. The van der Waals surface area contributed by atoms with E-state index in [-0.39, 0.29) is 21.8 Å². The standard InChI is InChI=1S/C13H16O3.C8H10AsNO5/c1-3-10-16-12-7-4-11(5-8-12)6-9-13(14)15-2;1-5(11)10-8-6(9(13,14)15)3-2-4-7(8)12/h3-5,7-8H,1,6,9-10H2,2H3;2-4,12H,1H3,(H,10,11)(H2,13,14,15). The Balaban J connectivity index is 0.000000311. The maximum atomic E-state index is 11.1. The number of aryl methyl sites for hydroxylation is 1. The van der Waals surface area contributed by atoms with E-state index in [4.69, 9.17) is 12.9 Å². The molecule has 0 heterocycles. The second-order valence-corrected chi connectivity index (χ2v) is 9.51. The van der Waals surface area contributed by atoms with Crippen LogP contribution >= 0.6 is 0 Å². The third-order valence-electron chi connectivity index (χ3n) is 3.77. The van der Waals surface area contributed by atoms with Gasteiger partial charge in [-0.05, 0) is 24.1 Å². The Morgan fingerprint density at radius 3 is 2.32 bits per heavy atom. The molecule has 0 aliphatic rings. The van der Waals surface area contributed by atoms with Crippen LogP contribution in [0.4, 0.5) is 5.69 Å². The Labute approximate surface area is 183 Å². The number of aromatic hydroxyl groups is 1. The van der Waals surface area contributed by atoms with Gasteiger partial charge in [-0.15, -0.1) is 0 Å². The summed E-state index contributed by atoms with van der Waals surface area (Å²) in [6.45, 7) is 5.26. The fraction of sp³-hybridized carbons (Fsp3) is 0.238. The van der Waals surface area contributed by atoms with Gasteiger partial charge in [-0.25, -0.2) is 0 Å². The quantitative estimate of drug-likeness (QED) is 0.186. The molecule has 1 amide bonds. The topological polar surface area (TPSA) is 142 Å². The van der Waals surface area contributed by atoms with Gasteiger partial charge in [-0.3, -0.25) is 4.79 Å². The monoisotopic (exact) mass is 495 g/mol. The summed E-state index contributed by atoms with van der Waals surface area (Å²) in [5.41, 5.74) is 0.869. The SMILES string of the molecule is C=CCOc1ccc(CCC(=O)OC)cc1.CC(=O)Nc1c(O)cccc1[As](=O)(O)O. The van der Waals surface area contributed by atoms with Gasteiger partial charge >= 0.3 is 94.1 Å². The van der Waals surface area contributed by atoms with Crippen LogP contribution in [0.15, 0.2) is 55.1 Å². The minimum absolute atomic E-state index is 0.188. The van der Waals surface area contributed by atoms with Crippen LogP contribution in [0.25, 0.3) is 0 Å². The molecule has 0 atom stereocenters. The minimum atomic E-state index is -5.14. The van der Waals surface area contributed by atoms with Crippen LogP contribution in [-0.4, -0.2) is 53.1 Å². The second-order valence-electron chi connectivity index (χ2n) is 6.22. The van der Waals surface area contributed by atoms with E-state index in [1.165, 1.54) is 32.2 Å². The van der Waals surface area contributed by atoms with E-state index in [0.717, 1.165) is 11.3 Å². The number of hydrogen-bond acceptors (Lipinski definition) is 6.